The first kappa shape index (κ1) is 10.1. The predicted octanol–water partition coefficient (Wildman–Crippen LogP) is 4.17. The van der Waals surface area contributed by atoms with Crippen LogP contribution in [0.3, 0.4) is 0 Å². The van der Waals surface area contributed by atoms with Crippen LogP contribution in [-0.4, -0.2) is 0 Å². The smallest absolute Gasteiger partial charge is 0.0232 e. The van der Waals surface area contributed by atoms with E-state index >= 15 is 0 Å². The summed E-state index contributed by atoms with van der Waals surface area (Å²) in [4.78, 5) is 1.36. The second kappa shape index (κ2) is 4.42. The lowest BCUT2D eigenvalue weighted by atomic mass is 9.98. The van der Waals surface area contributed by atoms with Crippen molar-refractivity contribution in [2.75, 3.05) is 0 Å². The molecular weight excluding hydrogens is 212 g/mol. The van der Waals surface area contributed by atoms with Crippen LogP contribution in [0.2, 0.25) is 0 Å². The third-order valence-corrected chi connectivity index (χ3v) is 3.64. The Kier molecular flexibility index (Phi) is 2.79. The second-order valence-electron chi connectivity index (χ2n) is 3.70. The average Bonchev–Trinajstić information content (AvgIpc) is 3.01. The molecule has 1 heteroatoms. The van der Waals surface area contributed by atoms with Gasteiger partial charge in [-0.05, 0) is 48.3 Å². The minimum absolute atomic E-state index is 1.29. The number of benzene rings is 1. The van der Waals surface area contributed by atoms with Crippen molar-refractivity contribution in [3.63, 3.8) is 0 Å². The molecule has 1 aromatic heterocycles. The molecule has 0 bridgehead atoms. The van der Waals surface area contributed by atoms with Crippen LogP contribution < -0.4 is 0 Å². The normalized spacial score (nSPS) is 16.8. The fourth-order valence-electron chi connectivity index (χ4n) is 1.90. The zero-order valence-corrected chi connectivity index (χ0v) is 9.58. The van der Waals surface area contributed by atoms with Gasteiger partial charge >= 0.3 is 0 Å². The topological polar surface area (TPSA) is 0 Å². The van der Waals surface area contributed by atoms with E-state index in [1.807, 2.05) is 0 Å². The SMILES string of the molecule is [CH]1[CH][CH][C](c2sccc2-c2ccccc2)[CH]1. The average molecular weight is 223 g/mol. The third-order valence-electron chi connectivity index (χ3n) is 2.67. The molecule has 1 fully saturated rings. The largest absolute Gasteiger partial charge is 0.148 e. The molecule has 5 radical (unpaired) electrons. The van der Waals surface area contributed by atoms with Crippen molar-refractivity contribution in [1.29, 1.82) is 0 Å². The van der Waals surface area contributed by atoms with Gasteiger partial charge < -0.3 is 0 Å². The van der Waals surface area contributed by atoms with E-state index in [-0.39, 0.29) is 0 Å². The molecule has 1 saturated carbocycles. The molecule has 16 heavy (non-hydrogen) atoms. The van der Waals surface area contributed by atoms with Crippen LogP contribution in [0.15, 0.2) is 41.8 Å². The Morgan fingerprint density at radius 1 is 0.812 bits per heavy atom. The first-order chi connectivity index (χ1) is 7.95. The number of hydrogen-bond acceptors (Lipinski definition) is 1. The standard InChI is InChI=1S/C15H11S/c1-2-6-12(7-3-1)14-10-11-16-15(14)13-8-4-5-9-13/h1-11H. The maximum Gasteiger partial charge on any atom is 0.0232 e. The van der Waals surface area contributed by atoms with Gasteiger partial charge in [0, 0.05) is 10.8 Å². The first-order valence-corrected chi connectivity index (χ1v) is 6.18. The molecule has 0 saturated heterocycles. The molecule has 1 aliphatic rings. The molecule has 0 spiro atoms. The Hall–Kier alpha value is -1.08. The zero-order chi connectivity index (χ0) is 10.8. The summed E-state index contributed by atoms with van der Waals surface area (Å²) in [5, 5.41) is 2.16. The van der Waals surface area contributed by atoms with E-state index in [1.54, 1.807) is 11.3 Å². The highest BCUT2D eigenvalue weighted by molar-refractivity contribution is 7.11. The van der Waals surface area contributed by atoms with Gasteiger partial charge in [0.15, 0.2) is 0 Å². The van der Waals surface area contributed by atoms with Gasteiger partial charge in [-0.1, -0.05) is 30.3 Å². The molecule has 1 heterocycles. The van der Waals surface area contributed by atoms with Gasteiger partial charge in [0.1, 0.15) is 0 Å². The zero-order valence-electron chi connectivity index (χ0n) is 8.76. The van der Waals surface area contributed by atoms with E-state index in [0.717, 1.165) is 0 Å². The molecule has 3 rings (SSSR count). The summed E-state index contributed by atoms with van der Waals surface area (Å²) in [6.07, 6.45) is 8.50. The minimum atomic E-state index is 1.29. The van der Waals surface area contributed by atoms with Crippen molar-refractivity contribution in [2.45, 2.75) is 0 Å². The molecule has 2 aromatic rings. The summed E-state index contributed by atoms with van der Waals surface area (Å²) in [6.45, 7) is 0. The van der Waals surface area contributed by atoms with Crippen molar-refractivity contribution >= 4 is 11.3 Å². The van der Waals surface area contributed by atoms with Gasteiger partial charge in [-0.3, -0.25) is 0 Å². The van der Waals surface area contributed by atoms with Crippen LogP contribution in [0.4, 0.5) is 0 Å². The lowest BCUT2D eigenvalue weighted by molar-refractivity contribution is 1.34. The monoisotopic (exact) mass is 223 g/mol. The van der Waals surface area contributed by atoms with Crippen LogP contribution in [0, 0.1) is 31.6 Å². The van der Waals surface area contributed by atoms with Gasteiger partial charge in [-0.15, -0.1) is 11.3 Å². The predicted molar refractivity (Wildman–Crippen MR) is 69.3 cm³/mol. The Morgan fingerprint density at radius 2 is 1.56 bits per heavy atom. The molecule has 0 aliphatic heterocycles. The molecule has 1 aliphatic carbocycles. The van der Waals surface area contributed by atoms with E-state index in [2.05, 4.69) is 67.5 Å². The molecule has 1 aromatic carbocycles. The molecule has 77 valence electrons. The summed E-state index contributed by atoms with van der Waals surface area (Å²) in [5.41, 5.74) is 2.62. The number of hydrogen-bond donors (Lipinski definition) is 0. The van der Waals surface area contributed by atoms with Gasteiger partial charge in [-0.2, -0.15) is 0 Å². The van der Waals surface area contributed by atoms with E-state index in [1.165, 1.54) is 21.9 Å². The maximum absolute atomic E-state index is 2.20. The summed E-state index contributed by atoms with van der Waals surface area (Å²) in [6, 6.07) is 12.7. The van der Waals surface area contributed by atoms with Crippen LogP contribution >= 0.6 is 11.3 Å². The number of rotatable bonds is 2. The highest BCUT2D eigenvalue weighted by Gasteiger charge is 2.22. The van der Waals surface area contributed by atoms with Gasteiger partial charge in [0.25, 0.3) is 0 Å². The van der Waals surface area contributed by atoms with Crippen LogP contribution in [0.25, 0.3) is 11.1 Å². The molecule has 0 amide bonds. The van der Waals surface area contributed by atoms with E-state index in [4.69, 9.17) is 0 Å². The lowest BCUT2D eigenvalue weighted by Crippen LogP contribution is -1.93. The molecule has 0 N–H and O–H groups in total. The third kappa shape index (κ3) is 1.80. The molecule has 0 nitrogen and oxygen atoms in total. The minimum Gasteiger partial charge on any atom is -0.148 e. The maximum atomic E-state index is 2.20. The second-order valence-corrected chi connectivity index (χ2v) is 4.62. The highest BCUT2D eigenvalue weighted by Crippen LogP contribution is 2.39. The summed E-state index contributed by atoms with van der Waals surface area (Å²) in [7, 11) is 0. The summed E-state index contributed by atoms with van der Waals surface area (Å²) >= 11 is 1.80. The van der Waals surface area contributed by atoms with Crippen molar-refractivity contribution in [3.8, 4) is 11.1 Å². The molecular formula is C15H11S. The lowest BCUT2D eigenvalue weighted by Gasteiger charge is -2.09. The van der Waals surface area contributed by atoms with Crippen molar-refractivity contribution in [3.05, 3.63) is 78.3 Å². The van der Waals surface area contributed by atoms with E-state index in [9.17, 15) is 0 Å². The number of thiophene rings is 1. The van der Waals surface area contributed by atoms with Gasteiger partial charge in [0.05, 0.1) is 0 Å². The van der Waals surface area contributed by atoms with E-state index in [0.29, 0.717) is 0 Å². The van der Waals surface area contributed by atoms with Crippen LogP contribution in [0.1, 0.15) is 4.88 Å². The Balaban J connectivity index is 1.99. The quantitative estimate of drug-likeness (QED) is 0.717. The first-order valence-electron chi connectivity index (χ1n) is 5.30. The summed E-state index contributed by atoms with van der Waals surface area (Å²) in [5.74, 6) is 1.31. The molecule has 0 unspecified atom stereocenters. The highest BCUT2D eigenvalue weighted by atomic mass is 32.1. The van der Waals surface area contributed by atoms with Gasteiger partial charge in [0.2, 0.25) is 0 Å². The molecule has 0 atom stereocenters. The Morgan fingerprint density at radius 3 is 2.31 bits per heavy atom. The van der Waals surface area contributed by atoms with Crippen LogP contribution in [0.5, 0.6) is 0 Å². The van der Waals surface area contributed by atoms with Crippen molar-refractivity contribution < 1.29 is 0 Å². The van der Waals surface area contributed by atoms with Crippen molar-refractivity contribution in [2.24, 2.45) is 0 Å². The fourth-order valence-corrected chi connectivity index (χ4v) is 2.83. The fraction of sp³-hybridized carbons (Fsp3) is 0. The van der Waals surface area contributed by atoms with Crippen molar-refractivity contribution in [1.82, 2.24) is 0 Å². The van der Waals surface area contributed by atoms with E-state index < -0.39 is 0 Å². The Labute approximate surface area is 101 Å². The van der Waals surface area contributed by atoms with Gasteiger partial charge in [-0.25, -0.2) is 0 Å². The Bertz CT molecular complexity index is 449. The van der Waals surface area contributed by atoms with Crippen LogP contribution in [-0.2, 0) is 0 Å². The summed E-state index contributed by atoms with van der Waals surface area (Å²) < 4.78 is 0.